The Bertz CT molecular complexity index is 1300. The average molecular weight is 503 g/mol. The van der Waals surface area contributed by atoms with E-state index in [1.54, 1.807) is 36.3 Å². The molecule has 0 radical (unpaired) electrons. The van der Waals surface area contributed by atoms with E-state index in [-0.39, 0.29) is 5.95 Å². The van der Waals surface area contributed by atoms with E-state index in [9.17, 15) is 0 Å². The Morgan fingerprint density at radius 1 is 1.03 bits per heavy atom. The molecule has 3 aromatic heterocycles. The minimum Gasteiger partial charge on any atom is -0.495 e. The van der Waals surface area contributed by atoms with Crippen LogP contribution < -0.4 is 15.2 Å². The Kier molecular flexibility index (Phi) is 7.20. The van der Waals surface area contributed by atoms with Gasteiger partial charge in [-0.25, -0.2) is 9.97 Å². The molecule has 0 spiro atoms. The molecule has 0 aliphatic rings. The Balaban J connectivity index is 1.78. The van der Waals surface area contributed by atoms with Crippen LogP contribution in [0.25, 0.3) is 27.5 Å². The molecule has 0 saturated heterocycles. The van der Waals surface area contributed by atoms with Gasteiger partial charge in [0.2, 0.25) is 5.95 Å². The van der Waals surface area contributed by atoms with Crippen LogP contribution in [0.4, 0.5) is 11.8 Å². The van der Waals surface area contributed by atoms with E-state index in [4.69, 9.17) is 48.1 Å². The van der Waals surface area contributed by atoms with Gasteiger partial charge in [0.15, 0.2) is 0 Å². The number of nitrogen functional groups attached to an aromatic ring is 1. The number of methoxy groups -OCH3 is 3. The minimum absolute atomic E-state index is 0.116. The smallest absolute Gasteiger partial charge is 0.220 e. The second-order valence-corrected chi connectivity index (χ2v) is 7.96. The molecule has 2 N–H and O–H groups in total. The van der Waals surface area contributed by atoms with Crippen molar-refractivity contribution in [2.75, 3.05) is 33.7 Å². The van der Waals surface area contributed by atoms with Crippen LogP contribution in [0.15, 0.2) is 30.7 Å². The lowest BCUT2D eigenvalue weighted by Gasteiger charge is -2.22. The zero-order valence-corrected chi connectivity index (χ0v) is 20.3. The molecular formula is C22H22Cl2N7O3-. The van der Waals surface area contributed by atoms with Crippen LogP contribution >= 0.6 is 23.2 Å². The number of hydrogen-bond donors (Lipinski definition) is 1. The van der Waals surface area contributed by atoms with Crippen molar-refractivity contribution in [3.8, 4) is 22.8 Å². The van der Waals surface area contributed by atoms with Crippen molar-refractivity contribution in [1.29, 1.82) is 0 Å². The first-order valence-electron chi connectivity index (χ1n) is 10.2. The fraction of sp³-hybridized carbons (Fsp3) is 0.273. The molecule has 10 nitrogen and oxygen atoms in total. The van der Waals surface area contributed by atoms with Crippen LogP contribution in [-0.2, 0) is 17.8 Å². The maximum Gasteiger partial charge on any atom is 0.220 e. The van der Waals surface area contributed by atoms with Crippen molar-refractivity contribution in [2.24, 2.45) is 0 Å². The summed E-state index contributed by atoms with van der Waals surface area (Å²) in [5, 5.41) is 10.3. The predicted molar refractivity (Wildman–Crippen MR) is 131 cm³/mol. The zero-order valence-electron chi connectivity index (χ0n) is 18.7. The Morgan fingerprint density at radius 3 is 2.44 bits per heavy atom. The Hall–Kier alpha value is -3.34. The molecule has 4 rings (SSSR count). The molecule has 34 heavy (non-hydrogen) atoms. The quantitative estimate of drug-likeness (QED) is 0.350. The molecule has 0 aliphatic carbocycles. The molecule has 0 saturated carbocycles. The maximum absolute atomic E-state index is 6.62. The van der Waals surface area contributed by atoms with Crippen molar-refractivity contribution >= 4 is 45.9 Å². The average Bonchev–Trinajstić information content (AvgIpc) is 3.29. The second kappa shape index (κ2) is 10.3. The number of benzene rings is 1. The summed E-state index contributed by atoms with van der Waals surface area (Å²) in [4.78, 5) is 13.2. The molecule has 0 fully saturated rings. The number of aromatic nitrogens is 5. The molecule has 0 amide bonds. The SMILES string of the molecule is COCCn1cc(C[N-]c2nc(-c3c(Cl)c(OC)cc(OC)c3Cl)cc3cnc(N)nc23)cn1. The molecule has 4 aromatic rings. The first kappa shape index (κ1) is 23.8. The van der Waals surface area contributed by atoms with Crippen LogP contribution in [0.5, 0.6) is 11.5 Å². The van der Waals surface area contributed by atoms with E-state index in [0.29, 0.717) is 69.2 Å². The lowest BCUT2D eigenvalue weighted by molar-refractivity contribution is 0.183. The highest BCUT2D eigenvalue weighted by atomic mass is 35.5. The molecule has 0 bridgehead atoms. The van der Waals surface area contributed by atoms with Gasteiger partial charge in [0, 0.05) is 36.5 Å². The fourth-order valence-corrected chi connectivity index (χ4v) is 4.04. The van der Waals surface area contributed by atoms with Gasteiger partial charge in [-0.15, -0.1) is 0 Å². The molecule has 1 aromatic carbocycles. The third-order valence-corrected chi connectivity index (χ3v) is 5.77. The number of nitrogens with zero attached hydrogens (tertiary/aromatic N) is 6. The standard InChI is InChI=1S/C22H22Cl2N7O3/c1-32-5-4-31-11-12(9-28-31)8-26-21-20-13(10-27-22(25)30-20)6-14(29-21)17-18(23)15(33-2)7-16(34-3)19(17)24/h6-7,9-11H,4-5,8H2,1-3H3,(H2-,25,26,27,29,30)/q-1. The summed E-state index contributed by atoms with van der Waals surface area (Å²) in [6.07, 6.45) is 5.25. The van der Waals surface area contributed by atoms with Gasteiger partial charge in [-0.3, -0.25) is 4.68 Å². The van der Waals surface area contributed by atoms with Crippen molar-refractivity contribution in [2.45, 2.75) is 13.1 Å². The number of fused-ring (bicyclic) bond motifs is 1. The van der Waals surface area contributed by atoms with Crippen LogP contribution in [0, 0.1) is 0 Å². The first-order chi connectivity index (χ1) is 16.4. The molecule has 0 unspecified atom stereocenters. The Labute approximate surface area is 206 Å². The summed E-state index contributed by atoms with van der Waals surface area (Å²) in [6, 6.07) is 3.38. The van der Waals surface area contributed by atoms with Crippen LogP contribution in [0.3, 0.4) is 0 Å². The second-order valence-electron chi connectivity index (χ2n) is 7.20. The van der Waals surface area contributed by atoms with Gasteiger partial charge < -0.3 is 30.2 Å². The molecule has 178 valence electrons. The number of nitrogens with two attached hydrogens (primary N) is 1. The van der Waals surface area contributed by atoms with Gasteiger partial charge in [0.05, 0.1) is 49.1 Å². The summed E-state index contributed by atoms with van der Waals surface area (Å²) in [7, 11) is 4.67. The summed E-state index contributed by atoms with van der Waals surface area (Å²) in [5.41, 5.74) is 8.14. The zero-order chi connectivity index (χ0) is 24.2. The van der Waals surface area contributed by atoms with Crippen LogP contribution in [0.1, 0.15) is 5.56 Å². The highest BCUT2D eigenvalue weighted by Crippen LogP contribution is 2.46. The van der Waals surface area contributed by atoms with Crippen molar-refractivity contribution < 1.29 is 14.2 Å². The maximum atomic E-state index is 6.62. The predicted octanol–water partition coefficient (Wildman–Crippen LogP) is 4.65. The van der Waals surface area contributed by atoms with Gasteiger partial charge in [-0.05, 0) is 29.7 Å². The number of pyridine rings is 1. The third kappa shape index (κ3) is 4.79. The summed E-state index contributed by atoms with van der Waals surface area (Å²) < 4.78 is 17.7. The van der Waals surface area contributed by atoms with E-state index in [1.165, 1.54) is 14.2 Å². The highest BCUT2D eigenvalue weighted by Gasteiger charge is 2.18. The number of hydrogen-bond acceptors (Lipinski definition) is 8. The van der Waals surface area contributed by atoms with Gasteiger partial charge >= 0.3 is 0 Å². The normalized spacial score (nSPS) is 11.1. The third-order valence-electron chi connectivity index (χ3n) is 5.02. The van der Waals surface area contributed by atoms with E-state index in [0.717, 1.165) is 5.56 Å². The number of halogens is 2. The summed E-state index contributed by atoms with van der Waals surface area (Å²) in [6.45, 7) is 1.53. The van der Waals surface area contributed by atoms with Gasteiger partial charge in [0.25, 0.3) is 0 Å². The fourth-order valence-electron chi connectivity index (χ4n) is 3.35. The van der Waals surface area contributed by atoms with Crippen molar-refractivity contribution in [1.82, 2.24) is 24.7 Å². The molecule has 0 aliphatic heterocycles. The van der Waals surface area contributed by atoms with E-state index in [1.807, 2.05) is 6.20 Å². The number of anilines is 1. The van der Waals surface area contributed by atoms with Crippen LogP contribution in [-0.4, -0.2) is 52.7 Å². The molecule has 0 atom stereocenters. The first-order valence-corrected chi connectivity index (χ1v) is 10.9. The molecule has 12 heteroatoms. The number of ether oxygens (including phenoxy) is 3. The van der Waals surface area contributed by atoms with Crippen molar-refractivity contribution in [3.63, 3.8) is 0 Å². The van der Waals surface area contributed by atoms with Gasteiger partial charge in [-0.1, -0.05) is 23.2 Å². The molecule has 3 heterocycles. The van der Waals surface area contributed by atoms with E-state index in [2.05, 4.69) is 20.4 Å². The van der Waals surface area contributed by atoms with E-state index < -0.39 is 0 Å². The lowest BCUT2D eigenvalue weighted by atomic mass is 10.1. The monoisotopic (exact) mass is 502 g/mol. The topological polar surface area (TPSA) is 124 Å². The van der Waals surface area contributed by atoms with Crippen LogP contribution in [0.2, 0.25) is 10.0 Å². The Morgan fingerprint density at radius 2 is 1.76 bits per heavy atom. The van der Waals surface area contributed by atoms with Gasteiger partial charge in [0.1, 0.15) is 11.5 Å². The lowest BCUT2D eigenvalue weighted by Crippen LogP contribution is -2.03. The highest BCUT2D eigenvalue weighted by molar-refractivity contribution is 6.41. The minimum atomic E-state index is 0.116. The molecular weight excluding hydrogens is 481 g/mol. The van der Waals surface area contributed by atoms with E-state index >= 15 is 0 Å². The van der Waals surface area contributed by atoms with Gasteiger partial charge in [-0.2, -0.15) is 5.10 Å². The van der Waals surface area contributed by atoms with Crippen molar-refractivity contribution in [3.05, 3.63) is 51.6 Å². The summed E-state index contributed by atoms with van der Waals surface area (Å²) in [5.74, 6) is 1.27. The largest absolute Gasteiger partial charge is 0.495 e. The number of rotatable bonds is 9. The summed E-state index contributed by atoms with van der Waals surface area (Å²) >= 11 is 13.2.